The summed E-state index contributed by atoms with van der Waals surface area (Å²) in [6, 6.07) is 15.0. The number of hydrogen-bond acceptors (Lipinski definition) is 7. The van der Waals surface area contributed by atoms with Gasteiger partial charge in [-0.3, -0.25) is 19.5 Å². The maximum atomic E-state index is 13.8. The lowest BCUT2D eigenvalue weighted by Gasteiger charge is -2.23. The van der Waals surface area contributed by atoms with E-state index >= 15 is 0 Å². The number of nitrogens with one attached hydrogen (secondary N) is 1. The van der Waals surface area contributed by atoms with Gasteiger partial charge in [0.2, 0.25) is 11.7 Å². The number of aromatic nitrogens is 3. The van der Waals surface area contributed by atoms with Crippen LogP contribution in [0.2, 0.25) is 0 Å². The molecule has 0 fully saturated rings. The first-order valence-electron chi connectivity index (χ1n) is 11.2. The van der Waals surface area contributed by atoms with Gasteiger partial charge in [-0.15, -0.1) is 0 Å². The van der Waals surface area contributed by atoms with Crippen molar-refractivity contribution < 1.29 is 23.8 Å². The van der Waals surface area contributed by atoms with Crippen molar-refractivity contribution in [2.75, 3.05) is 12.0 Å². The number of aliphatic hydroxyl groups excluding tert-OH is 1. The third-order valence-electron chi connectivity index (χ3n) is 6.26. The molecule has 36 heavy (non-hydrogen) atoms. The number of nitrogens with zero attached hydrogens (tertiary/aromatic N) is 3. The number of aryl methyl sites for hydroxylation is 1. The molecule has 9 heteroatoms. The van der Waals surface area contributed by atoms with Crippen LogP contribution in [0.25, 0.3) is 22.0 Å². The molecule has 1 aliphatic heterocycles. The molecule has 0 bridgehead atoms. The zero-order valence-corrected chi connectivity index (χ0v) is 19.4. The average Bonchev–Trinajstić information content (AvgIpc) is 3.58. The molecule has 0 spiro atoms. The number of methoxy groups -OCH3 is 1. The minimum absolute atomic E-state index is 0.0279. The van der Waals surface area contributed by atoms with E-state index in [0.717, 1.165) is 11.1 Å². The van der Waals surface area contributed by atoms with Gasteiger partial charge in [-0.25, -0.2) is 4.98 Å². The molecule has 3 aromatic heterocycles. The summed E-state index contributed by atoms with van der Waals surface area (Å²) >= 11 is 0. The Balaban J connectivity index is 1.50. The largest absolute Gasteiger partial charge is 0.503 e. The number of furan rings is 1. The summed E-state index contributed by atoms with van der Waals surface area (Å²) < 4.78 is 11.2. The number of benzene rings is 2. The van der Waals surface area contributed by atoms with Crippen LogP contribution in [0, 0.1) is 6.92 Å². The molecule has 5 aromatic rings. The van der Waals surface area contributed by atoms with Gasteiger partial charge in [-0.1, -0.05) is 24.3 Å². The first-order chi connectivity index (χ1) is 17.5. The number of imidazole rings is 1. The molecule has 1 aliphatic rings. The number of ether oxygens (including phenoxy) is 1. The molecule has 2 N–H and O–H groups in total. The number of amides is 1. The van der Waals surface area contributed by atoms with Crippen molar-refractivity contribution in [3.8, 4) is 5.75 Å². The number of aromatic amines is 1. The summed E-state index contributed by atoms with van der Waals surface area (Å²) in [5.41, 5.74) is 3.20. The molecule has 6 rings (SSSR count). The number of Topliss-reactive ketones (excluding diaryl/α,β-unsaturated/α-hetero) is 1. The van der Waals surface area contributed by atoms with Crippen LogP contribution in [-0.2, 0) is 4.79 Å². The Hall–Kier alpha value is -4.92. The molecule has 9 nitrogen and oxygen atoms in total. The molecule has 1 atom stereocenters. The maximum absolute atomic E-state index is 13.8. The number of carbonyl (C=O) groups is 2. The third kappa shape index (κ3) is 3.24. The van der Waals surface area contributed by atoms with Crippen molar-refractivity contribution in [2.24, 2.45) is 0 Å². The molecule has 0 radical (unpaired) electrons. The van der Waals surface area contributed by atoms with Crippen molar-refractivity contribution in [3.05, 3.63) is 95.2 Å². The lowest BCUT2D eigenvalue weighted by Crippen LogP contribution is -2.32. The Kier molecular flexibility index (Phi) is 4.85. The topological polar surface area (TPSA) is 122 Å². The van der Waals surface area contributed by atoms with Gasteiger partial charge in [-0.05, 0) is 48.4 Å². The number of carbonyl (C=O) groups excluding carboxylic acids is 2. The molecule has 0 saturated carbocycles. The third-order valence-corrected chi connectivity index (χ3v) is 6.26. The second kappa shape index (κ2) is 8.09. The lowest BCUT2D eigenvalue weighted by atomic mass is 9.96. The van der Waals surface area contributed by atoms with Crippen molar-refractivity contribution in [1.82, 2.24) is 15.0 Å². The number of H-pyrrole nitrogens is 1. The smallest absolute Gasteiger partial charge is 0.296 e. The monoisotopic (exact) mass is 480 g/mol. The minimum Gasteiger partial charge on any atom is -0.503 e. The van der Waals surface area contributed by atoms with E-state index in [1.54, 1.807) is 48.8 Å². The summed E-state index contributed by atoms with van der Waals surface area (Å²) in [4.78, 5) is 40.3. The first-order valence-corrected chi connectivity index (χ1v) is 11.2. The highest BCUT2D eigenvalue weighted by Gasteiger charge is 2.46. The van der Waals surface area contributed by atoms with E-state index in [4.69, 9.17) is 9.15 Å². The highest BCUT2D eigenvalue weighted by molar-refractivity contribution is 6.20. The standard InChI is InChI=1S/C27H20N4O5/c1-14-8-9-17-18(11-14)30-27(29-17)31-22(16-6-4-10-28-13-16)21(24(33)26(31)34)23(32)20-12-15-5-3-7-19(35-2)25(15)36-20/h3-13,22,33H,1-2H3,(H,29,30). The molecular formula is C27H20N4O5. The van der Waals surface area contributed by atoms with E-state index in [1.165, 1.54) is 12.0 Å². The predicted octanol–water partition coefficient (Wildman–Crippen LogP) is 4.80. The summed E-state index contributed by atoms with van der Waals surface area (Å²) in [6.07, 6.45) is 3.14. The van der Waals surface area contributed by atoms with Gasteiger partial charge >= 0.3 is 0 Å². The van der Waals surface area contributed by atoms with Gasteiger partial charge in [0.25, 0.3) is 5.91 Å². The van der Waals surface area contributed by atoms with Gasteiger partial charge in [0, 0.05) is 17.8 Å². The molecule has 2 aromatic carbocycles. The zero-order chi connectivity index (χ0) is 25.0. The zero-order valence-electron chi connectivity index (χ0n) is 19.4. The van der Waals surface area contributed by atoms with Crippen LogP contribution in [0.15, 0.2) is 82.7 Å². The summed E-state index contributed by atoms with van der Waals surface area (Å²) in [5.74, 6) is -1.40. The van der Waals surface area contributed by atoms with Crippen LogP contribution >= 0.6 is 0 Å². The Morgan fingerprint density at radius 1 is 1.17 bits per heavy atom. The molecule has 1 unspecified atom stereocenters. The molecule has 0 saturated heterocycles. The van der Waals surface area contributed by atoms with Gasteiger partial charge < -0.3 is 19.2 Å². The fourth-order valence-corrected chi connectivity index (χ4v) is 4.57. The molecule has 4 heterocycles. The van der Waals surface area contributed by atoms with E-state index in [2.05, 4.69) is 15.0 Å². The second-order valence-electron chi connectivity index (χ2n) is 8.53. The maximum Gasteiger partial charge on any atom is 0.296 e. The molecule has 0 aliphatic carbocycles. The van der Waals surface area contributed by atoms with Crippen LogP contribution in [0.3, 0.4) is 0 Å². The van der Waals surface area contributed by atoms with Crippen LogP contribution in [-0.4, -0.2) is 38.9 Å². The lowest BCUT2D eigenvalue weighted by molar-refractivity contribution is -0.117. The van der Waals surface area contributed by atoms with E-state index in [1.807, 2.05) is 25.1 Å². The fraction of sp³-hybridized carbons (Fsp3) is 0.111. The predicted molar refractivity (Wildman–Crippen MR) is 132 cm³/mol. The Labute approximate surface area is 204 Å². The quantitative estimate of drug-likeness (QED) is 0.346. The number of hydrogen-bond donors (Lipinski definition) is 2. The summed E-state index contributed by atoms with van der Waals surface area (Å²) in [6.45, 7) is 1.95. The Morgan fingerprint density at radius 3 is 2.81 bits per heavy atom. The van der Waals surface area contributed by atoms with Crippen molar-refractivity contribution in [2.45, 2.75) is 13.0 Å². The fourth-order valence-electron chi connectivity index (χ4n) is 4.57. The van der Waals surface area contributed by atoms with Gasteiger partial charge in [0.05, 0.1) is 29.8 Å². The van der Waals surface area contributed by atoms with Crippen LogP contribution in [0.4, 0.5) is 5.95 Å². The number of para-hydroxylation sites is 1. The van der Waals surface area contributed by atoms with Crippen molar-refractivity contribution in [3.63, 3.8) is 0 Å². The number of rotatable bonds is 5. The average molecular weight is 480 g/mol. The Bertz CT molecular complexity index is 1700. The highest BCUT2D eigenvalue weighted by Crippen LogP contribution is 2.42. The summed E-state index contributed by atoms with van der Waals surface area (Å²) in [7, 11) is 1.51. The first kappa shape index (κ1) is 21.6. The normalized spacial score (nSPS) is 15.9. The molecule has 1 amide bonds. The van der Waals surface area contributed by atoms with Gasteiger partial charge in [0.1, 0.15) is 0 Å². The molecular weight excluding hydrogens is 460 g/mol. The van der Waals surface area contributed by atoms with E-state index in [9.17, 15) is 14.7 Å². The number of anilines is 1. The summed E-state index contributed by atoms with van der Waals surface area (Å²) in [5, 5.41) is 11.6. The van der Waals surface area contributed by atoms with Crippen LogP contribution in [0.5, 0.6) is 5.75 Å². The van der Waals surface area contributed by atoms with Crippen LogP contribution in [0.1, 0.15) is 27.7 Å². The number of pyridine rings is 1. The SMILES string of the molecule is COc1cccc2cc(C(=O)C3=C(O)C(=O)N(c4nc5ccc(C)cc5[nH]4)C3c3cccnc3)oc12. The number of fused-ring (bicyclic) bond motifs is 2. The second-order valence-corrected chi connectivity index (χ2v) is 8.53. The molecule has 178 valence electrons. The minimum atomic E-state index is -0.976. The van der Waals surface area contributed by atoms with E-state index in [-0.39, 0.29) is 17.3 Å². The van der Waals surface area contributed by atoms with Crippen LogP contribution < -0.4 is 9.64 Å². The van der Waals surface area contributed by atoms with Crippen molar-refractivity contribution in [1.29, 1.82) is 0 Å². The Morgan fingerprint density at radius 2 is 2.03 bits per heavy atom. The highest BCUT2D eigenvalue weighted by atomic mass is 16.5. The van der Waals surface area contributed by atoms with E-state index < -0.39 is 23.5 Å². The van der Waals surface area contributed by atoms with E-state index in [0.29, 0.717) is 27.8 Å². The number of ketones is 1. The number of aliphatic hydroxyl groups is 1. The van der Waals surface area contributed by atoms with Gasteiger partial charge in [0.15, 0.2) is 22.9 Å². The van der Waals surface area contributed by atoms with Crippen molar-refractivity contribution >= 4 is 39.6 Å². The van der Waals surface area contributed by atoms with Gasteiger partial charge in [-0.2, -0.15) is 0 Å².